The summed E-state index contributed by atoms with van der Waals surface area (Å²) in [6.45, 7) is 7.09. The Labute approximate surface area is 246 Å². The van der Waals surface area contributed by atoms with Gasteiger partial charge >= 0.3 is 0 Å². The molecule has 1 aliphatic rings. The van der Waals surface area contributed by atoms with Gasteiger partial charge in [0.15, 0.2) is 0 Å². The van der Waals surface area contributed by atoms with Crippen LogP contribution in [-0.4, -0.2) is 39.3 Å². The molecule has 4 aromatic carbocycles. The van der Waals surface area contributed by atoms with Gasteiger partial charge in [-0.2, -0.15) is 0 Å². The van der Waals surface area contributed by atoms with Crippen molar-refractivity contribution in [2.45, 2.75) is 52.6 Å². The molecule has 216 valence electrons. The Morgan fingerprint density at radius 2 is 1.31 bits per heavy atom. The molecule has 2 amide bonds. The van der Waals surface area contributed by atoms with Gasteiger partial charge in [-0.05, 0) is 61.2 Å². The Bertz CT molecular complexity index is 1580. The van der Waals surface area contributed by atoms with Gasteiger partial charge in [0.25, 0.3) is 11.8 Å². The number of carbonyl (C=O) groups is 2. The first-order valence-electron chi connectivity index (χ1n) is 14.0. The average Bonchev–Trinajstić information content (AvgIpc) is 3.41. The summed E-state index contributed by atoms with van der Waals surface area (Å²) in [6, 6.07) is 27.8. The number of rotatable bonds is 8. The van der Waals surface area contributed by atoms with Crippen LogP contribution in [-0.2, 0) is 26.3 Å². The minimum atomic E-state index is -0.459. The van der Waals surface area contributed by atoms with E-state index in [4.69, 9.17) is 9.47 Å². The number of hydrogen-bond acceptors (Lipinski definition) is 5. The summed E-state index contributed by atoms with van der Waals surface area (Å²) in [7, 11) is 1.74. The second-order valence-corrected chi connectivity index (χ2v) is 11.5. The monoisotopic (exact) mass is 564 g/mol. The van der Waals surface area contributed by atoms with Crippen molar-refractivity contribution in [1.82, 2.24) is 9.80 Å². The summed E-state index contributed by atoms with van der Waals surface area (Å²) in [5.74, 6) is 0.308. The topological polar surface area (TPSA) is 79.3 Å². The van der Waals surface area contributed by atoms with E-state index in [1.165, 1.54) is 0 Å². The van der Waals surface area contributed by atoms with Crippen LogP contribution in [0.15, 0.2) is 91.0 Å². The molecule has 0 saturated carbocycles. The minimum absolute atomic E-state index is 0.160. The van der Waals surface area contributed by atoms with Crippen molar-refractivity contribution in [3.8, 4) is 17.2 Å². The molecule has 0 saturated heterocycles. The lowest BCUT2D eigenvalue weighted by Crippen LogP contribution is -2.42. The number of benzene rings is 4. The third kappa shape index (κ3) is 6.41. The van der Waals surface area contributed by atoms with E-state index in [1.807, 2.05) is 87.5 Å². The predicted molar refractivity (Wildman–Crippen MR) is 162 cm³/mol. The lowest BCUT2D eigenvalue weighted by atomic mass is 10.0. The molecule has 0 unspecified atom stereocenters. The summed E-state index contributed by atoms with van der Waals surface area (Å²) in [6.07, 6.45) is 0. The Kier molecular flexibility index (Phi) is 8.20. The first-order valence-corrected chi connectivity index (χ1v) is 14.0. The summed E-state index contributed by atoms with van der Waals surface area (Å²) in [5, 5.41) is 9.96. The van der Waals surface area contributed by atoms with Gasteiger partial charge in [-0.3, -0.25) is 9.59 Å². The van der Waals surface area contributed by atoms with Crippen molar-refractivity contribution in [2.75, 3.05) is 7.05 Å². The maximum absolute atomic E-state index is 14.1. The van der Waals surface area contributed by atoms with Gasteiger partial charge in [-0.15, -0.1) is 0 Å². The molecule has 1 heterocycles. The highest BCUT2D eigenvalue weighted by Crippen LogP contribution is 2.35. The molecule has 0 spiro atoms. The number of fused-ring (bicyclic) bond motifs is 1. The lowest BCUT2D eigenvalue weighted by molar-refractivity contribution is 0.0650. The second-order valence-electron chi connectivity index (χ2n) is 11.5. The Hall–Kier alpha value is -4.78. The van der Waals surface area contributed by atoms with E-state index in [2.05, 4.69) is 0 Å². The van der Waals surface area contributed by atoms with Gasteiger partial charge < -0.3 is 24.4 Å². The highest BCUT2D eigenvalue weighted by molar-refractivity contribution is 6.03. The third-order valence-electron chi connectivity index (χ3n) is 7.53. The number of phenolic OH excluding ortho intramolecular Hbond substituents is 1. The molecule has 0 fully saturated rings. The van der Waals surface area contributed by atoms with E-state index in [-0.39, 0.29) is 41.9 Å². The van der Waals surface area contributed by atoms with Crippen LogP contribution in [0.1, 0.15) is 63.7 Å². The van der Waals surface area contributed by atoms with Crippen molar-refractivity contribution < 1.29 is 24.2 Å². The standard InChI is InChI=1S/C35H36N2O5/c1-35(2,3)36(4)33(39)29-18-30(34(40)37-20-26-15-16-28(38)17-27(26)21-37)32(42-23-25-13-9-6-10-14-25)19-31(29)41-22-24-11-7-5-8-12-24/h5-19,38H,20-23H2,1-4H3. The van der Waals surface area contributed by atoms with Crippen molar-refractivity contribution in [3.05, 3.63) is 124 Å². The SMILES string of the molecule is CN(C(=O)c1cc(C(=O)N2Cc3ccc(O)cc3C2)c(OCc2ccccc2)cc1OCc1ccccc1)C(C)(C)C. The largest absolute Gasteiger partial charge is 0.508 e. The van der Waals surface area contributed by atoms with Crippen LogP contribution in [0.5, 0.6) is 17.2 Å². The molecule has 7 heteroatoms. The quantitative estimate of drug-likeness (QED) is 0.262. The van der Waals surface area contributed by atoms with Crippen molar-refractivity contribution in [1.29, 1.82) is 0 Å². The molecule has 1 N–H and O–H groups in total. The Morgan fingerprint density at radius 1 is 0.762 bits per heavy atom. The minimum Gasteiger partial charge on any atom is -0.508 e. The van der Waals surface area contributed by atoms with Crippen LogP contribution in [0.4, 0.5) is 0 Å². The smallest absolute Gasteiger partial charge is 0.258 e. The highest BCUT2D eigenvalue weighted by atomic mass is 16.5. The fourth-order valence-corrected chi connectivity index (χ4v) is 4.79. The maximum atomic E-state index is 14.1. The lowest BCUT2D eigenvalue weighted by Gasteiger charge is -2.32. The number of nitrogens with zero attached hydrogens (tertiary/aromatic N) is 2. The van der Waals surface area contributed by atoms with Gasteiger partial charge in [-0.1, -0.05) is 66.7 Å². The zero-order valence-electron chi connectivity index (χ0n) is 24.5. The van der Waals surface area contributed by atoms with Crippen molar-refractivity contribution in [2.24, 2.45) is 0 Å². The Morgan fingerprint density at radius 3 is 1.88 bits per heavy atom. The number of ether oxygens (including phenoxy) is 2. The van der Waals surface area contributed by atoms with Crippen LogP contribution in [0, 0.1) is 0 Å². The molecular formula is C35H36N2O5. The molecule has 7 nitrogen and oxygen atoms in total. The van der Waals surface area contributed by atoms with Crippen LogP contribution < -0.4 is 9.47 Å². The molecule has 0 bridgehead atoms. The van der Waals surface area contributed by atoms with Gasteiger partial charge in [0.2, 0.25) is 0 Å². The van der Waals surface area contributed by atoms with Crippen molar-refractivity contribution >= 4 is 11.8 Å². The highest BCUT2D eigenvalue weighted by Gasteiger charge is 2.31. The molecule has 4 aromatic rings. The fourth-order valence-electron chi connectivity index (χ4n) is 4.79. The zero-order valence-corrected chi connectivity index (χ0v) is 24.5. The first kappa shape index (κ1) is 28.7. The fraction of sp³-hybridized carbons (Fsp3) is 0.257. The summed E-state index contributed by atoms with van der Waals surface area (Å²) in [4.78, 5) is 31.3. The third-order valence-corrected chi connectivity index (χ3v) is 7.53. The number of hydrogen-bond donors (Lipinski definition) is 1. The average molecular weight is 565 g/mol. The van der Waals surface area contributed by atoms with E-state index in [0.717, 1.165) is 22.3 Å². The predicted octanol–water partition coefficient (Wildman–Crippen LogP) is 6.58. The molecule has 0 aliphatic carbocycles. The number of amides is 2. The van der Waals surface area contributed by atoms with Crippen LogP contribution in [0.3, 0.4) is 0 Å². The summed E-state index contributed by atoms with van der Waals surface area (Å²) in [5.41, 5.74) is 3.86. The number of carbonyl (C=O) groups excluding carboxylic acids is 2. The molecule has 0 atom stereocenters. The summed E-state index contributed by atoms with van der Waals surface area (Å²) >= 11 is 0. The van der Waals surface area contributed by atoms with Gasteiger partial charge in [0.05, 0.1) is 11.1 Å². The van der Waals surface area contributed by atoms with Gasteiger partial charge in [0, 0.05) is 31.7 Å². The first-order chi connectivity index (χ1) is 20.1. The number of aromatic hydroxyl groups is 1. The van der Waals surface area contributed by atoms with Crippen molar-refractivity contribution in [3.63, 3.8) is 0 Å². The molecule has 0 radical (unpaired) electrons. The maximum Gasteiger partial charge on any atom is 0.258 e. The molecule has 1 aliphatic heterocycles. The van der Waals surface area contributed by atoms with E-state index in [0.29, 0.717) is 24.6 Å². The van der Waals surface area contributed by atoms with Gasteiger partial charge in [0.1, 0.15) is 30.5 Å². The van der Waals surface area contributed by atoms with Crippen LogP contribution >= 0.6 is 0 Å². The number of phenols is 1. The molecule has 42 heavy (non-hydrogen) atoms. The zero-order chi connectivity index (χ0) is 29.9. The molecule has 5 rings (SSSR count). The van der Waals surface area contributed by atoms with E-state index in [1.54, 1.807) is 41.1 Å². The van der Waals surface area contributed by atoms with E-state index < -0.39 is 5.54 Å². The summed E-state index contributed by atoms with van der Waals surface area (Å²) < 4.78 is 12.5. The van der Waals surface area contributed by atoms with E-state index >= 15 is 0 Å². The van der Waals surface area contributed by atoms with Gasteiger partial charge in [-0.25, -0.2) is 0 Å². The Balaban J connectivity index is 1.56. The normalized spacial score (nSPS) is 12.5. The van der Waals surface area contributed by atoms with Crippen LogP contribution in [0.25, 0.3) is 0 Å². The molecule has 0 aromatic heterocycles. The van der Waals surface area contributed by atoms with E-state index in [9.17, 15) is 14.7 Å². The molecular weight excluding hydrogens is 528 g/mol. The van der Waals surface area contributed by atoms with Crippen LogP contribution in [0.2, 0.25) is 0 Å². The second kappa shape index (κ2) is 12.0.